The lowest BCUT2D eigenvalue weighted by Crippen LogP contribution is -2.48. The van der Waals surface area contributed by atoms with E-state index in [0.29, 0.717) is 5.69 Å². The number of carbonyl (C=O) groups excluding carboxylic acids is 1. The maximum Gasteiger partial charge on any atom is 0.264 e. The van der Waals surface area contributed by atoms with Crippen LogP contribution in [0.15, 0.2) is 53.4 Å². The van der Waals surface area contributed by atoms with E-state index in [1.165, 1.54) is 4.31 Å². The molecule has 0 saturated heterocycles. The predicted octanol–water partition coefficient (Wildman–Crippen LogP) is 3.80. The average molecular weight is 389 g/mol. The SMILES string of the molecule is CCC(C)(C)NC(=O)CN(c1ccccc1C)S(=O)(=O)c1ccc(C)cc1. The number of hydrogen-bond donors (Lipinski definition) is 1. The molecule has 2 aromatic rings. The van der Waals surface area contributed by atoms with E-state index in [9.17, 15) is 13.2 Å². The molecule has 0 spiro atoms. The minimum atomic E-state index is -3.88. The highest BCUT2D eigenvalue weighted by Gasteiger charge is 2.29. The Morgan fingerprint density at radius 2 is 1.63 bits per heavy atom. The van der Waals surface area contributed by atoms with Crippen molar-refractivity contribution >= 4 is 21.6 Å². The van der Waals surface area contributed by atoms with Gasteiger partial charge in [0.2, 0.25) is 5.91 Å². The number of nitrogens with one attached hydrogen (secondary N) is 1. The van der Waals surface area contributed by atoms with E-state index in [0.717, 1.165) is 17.5 Å². The summed E-state index contributed by atoms with van der Waals surface area (Å²) in [7, 11) is -3.88. The number of para-hydroxylation sites is 1. The number of amides is 1. The maximum atomic E-state index is 13.3. The molecule has 0 aliphatic rings. The monoisotopic (exact) mass is 388 g/mol. The molecule has 5 nitrogen and oxygen atoms in total. The van der Waals surface area contributed by atoms with Crippen molar-refractivity contribution < 1.29 is 13.2 Å². The van der Waals surface area contributed by atoms with Crippen LogP contribution in [-0.4, -0.2) is 26.4 Å². The lowest BCUT2D eigenvalue weighted by atomic mass is 10.0. The fourth-order valence-corrected chi connectivity index (χ4v) is 4.10. The molecule has 27 heavy (non-hydrogen) atoms. The van der Waals surface area contributed by atoms with Crippen LogP contribution in [0.25, 0.3) is 0 Å². The minimum absolute atomic E-state index is 0.166. The molecule has 1 amide bonds. The summed E-state index contributed by atoms with van der Waals surface area (Å²) in [6.07, 6.45) is 0.744. The maximum absolute atomic E-state index is 13.3. The molecule has 2 rings (SSSR count). The van der Waals surface area contributed by atoms with Crippen LogP contribution in [0.5, 0.6) is 0 Å². The average Bonchev–Trinajstić information content (AvgIpc) is 2.60. The van der Waals surface area contributed by atoms with Gasteiger partial charge in [0.1, 0.15) is 6.54 Å². The van der Waals surface area contributed by atoms with Gasteiger partial charge in [-0.25, -0.2) is 8.42 Å². The number of rotatable bonds is 7. The summed E-state index contributed by atoms with van der Waals surface area (Å²) in [6, 6.07) is 13.8. The van der Waals surface area contributed by atoms with Crippen LogP contribution < -0.4 is 9.62 Å². The molecule has 0 saturated carbocycles. The van der Waals surface area contributed by atoms with Gasteiger partial charge in [-0.1, -0.05) is 42.8 Å². The molecule has 0 aliphatic heterocycles. The predicted molar refractivity (Wildman–Crippen MR) is 109 cm³/mol. The van der Waals surface area contributed by atoms with Crippen LogP contribution in [0.1, 0.15) is 38.3 Å². The molecule has 0 aliphatic carbocycles. The molecule has 0 radical (unpaired) electrons. The molecule has 146 valence electrons. The van der Waals surface area contributed by atoms with Crippen LogP contribution in [0, 0.1) is 13.8 Å². The van der Waals surface area contributed by atoms with Gasteiger partial charge in [-0.3, -0.25) is 9.10 Å². The van der Waals surface area contributed by atoms with E-state index < -0.39 is 15.6 Å². The van der Waals surface area contributed by atoms with Crippen molar-refractivity contribution in [2.24, 2.45) is 0 Å². The second-order valence-corrected chi connectivity index (χ2v) is 9.26. The molecule has 6 heteroatoms. The number of aryl methyl sites for hydroxylation is 2. The number of nitrogens with zero attached hydrogens (tertiary/aromatic N) is 1. The molecule has 1 N–H and O–H groups in total. The van der Waals surface area contributed by atoms with Crippen LogP contribution in [0.4, 0.5) is 5.69 Å². The van der Waals surface area contributed by atoms with Crippen molar-refractivity contribution in [2.45, 2.75) is 51.5 Å². The van der Waals surface area contributed by atoms with E-state index >= 15 is 0 Å². The van der Waals surface area contributed by atoms with E-state index in [2.05, 4.69) is 5.32 Å². The second-order valence-electron chi connectivity index (χ2n) is 7.40. The number of carbonyl (C=O) groups is 1. The van der Waals surface area contributed by atoms with Crippen molar-refractivity contribution in [3.63, 3.8) is 0 Å². The fourth-order valence-electron chi connectivity index (χ4n) is 2.62. The van der Waals surface area contributed by atoms with E-state index in [1.807, 2.05) is 46.8 Å². The number of benzene rings is 2. The minimum Gasteiger partial charge on any atom is -0.350 e. The van der Waals surface area contributed by atoms with Gasteiger partial charge in [0, 0.05) is 5.54 Å². The Morgan fingerprint density at radius 3 is 2.19 bits per heavy atom. The molecule has 2 aromatic carbocycles. The Bertz CT molecular complexity index is 903. The van der Waals surface area contributed by atoms with Crippen molar-refractivity contribution in [2.75, 3.05) is 10.8 Å². The first-order chi connectivity index (χ1) is 12.6. The van der Waals surface area contributed by atoms with Crippen LogP contribution in [0.2, 0.25) is 0 Å². The Labute approximate surface area is 162 Å². The fraction of sp³-hybridized carbons (Fsp3) is 0.381. The van der Waals surface area contributed by atoms with Gasteiger partial charge >= 0.3 is 0 Å². The van der Waals surface area contributed by atoms with Gasteiger partial charge in [-0.15, -0.1) is 0 Å². The zero-order valence-corrected chi connectivity index (χ0v) is 17.4. The van der Waals surface area contributed by atoms with E-state index in [4.69, 9.17) is 0 Å². The summed E-state index contributed by atoms with van der Waals surface area (Å²) in [5.41, 5.74) is 1.86. The Balaban J connectivity index is 2.46. The summed E-state index contributed by atoms with van der Waals surface area (Å²) >= 11 is 0. The summed E-state index contributed by atoms with van der Waals surface area (Å²) in [6.45, 7) is 9.26. The summed E-state index contributed by atoms with van der Waals surface area (Å²) in [5.74, 6) is -0.333. The topological polar surface area (TPSA) is 66.5 Å². The third-order valence-electron chi connectivity index (χ3n) is 4.64. The van der Waals surface area contributed by atoms with Crippen molar-refractivity contribution in [1.82, 2.24) is 5.32 Å². The van der Waals surface area contributed by atoms with Gasteiger partial charge in [0.25, 0.3) is 10.0 Å². The lowest BCUT2D eigenvalue weighted by molar-refractivity contribution is -0.121. The summed E-state index contributed by atoms with van der Waals surface area (Å²) in [5, 5.41) is 2.91. The van der Waals surface area contributed by atoms with Crippen LogP contribution in [0.3, 0.4) is 0 Å². The Kier molecular flexibility index (Phi) is 6.31. The number of hydrogen-bond acceptors (Lipinski definition) is 3. The molecule has 0 aromatic heterocycles. The largest absolute Gasteiger partial charge is 0.350 e. The molecular weight excluding hydrogens is 360 g/mol. The first-order valence-corrected chi connectivity index (χ1v) is 10.5. The summed E-state index contributed by atoms with van der Waals surface area (Å²) in [4.78, 5) is 12.8. The first kappa shape index (κ1) is 21.0. The third kappa shape index (κ3) is 5.10. The summed E-state index contributed by atoms with van der Waals surface area (Å²) < 4.78 is 27.8. The highest BCUT2D eigenvalue weighted by atomic mass is 32.2. The molecular formula is C21H28N2O3S. The van der Waals surface area contributed by atoms with Crippen LogP contribution >= 0.6 is 0 Å². The standard InChI is InChI=1S/C21H28N2O3S/c1-6-21(4,5)22-20(24)15-23(19-10-8-7-9-17(19)3)27(25,26)18-13-11-16(2)12-14-18/h7-14H,6,15H2,1-5H3,(H,22,24). The quantitative estimate of drug-likeness (QED) is 0.784. The zero-order valence-electron chi connectivity index (χ0n) is 16.6. The van der Waals surface area contributed by atoms with Gasteiger partial charge in [-0.05, 0) is 57.9 Å². The first-order valence-electron chi connectivity index (χ1n) is 9.03. The van der Waals surface area contributed by atoms with Crippen molar-refractivity contribution in [1.29, 1.82) is 0 Å². The molecule has 0 heterocycles. The molecule has 0 unspecified atom stereocenters. The highest BCUT2D eigenvalue weighted by molar-refractivity contribution is 7.92. The Morgan fingerprint density at radius 1 is 1.04 bits per heavy atom. The lowest BCUT2D eigenvalue weighted by Gasteiger charge is -2.29. The molecule has 0 atom stereocenters. The number of anilines is 1. The smallest absolute Gasteiger partial charge is 0.264 e. The third-order valence-corrected chi connectivity index (χ3v) is 6.42. The highest BCUT2D eigenvalue weighted by Crippen LogP contribution is 2.27. The molecule has 0 bridgehead atoms. The van der Waals surface area contributed by atoms with E-state index in [1.54, 1.807) is 36.4 Å². The normalized spacial score (nSPS) is 11.9. The van der Waals surface area contributed by atoms with Gasteiger partial charge in [0.05, 0.1) is 10.6 Å². The van der Waals surface area contributed by atoms with Crippen LogP contribution in [-0.2, 0) is 14.8 Å². The van der Waals surface area contributed by atoms with Crippen molar-refractivity contribution in [3.8, 4) is 0 Å². The van der Waals surface area contributed by atoms with Gasteiger partial charge in [0.15, 0.2) is 0 Å². The van der Waals surface area contributed by atoms with Gasteiger partial charge < -0.3 is 5.32 Å². The zero-order chi connectivity index (χ0) is 20.2. The number of sulfonamides is 1. The molecule has 0 fully saturated rings. The second kappa shape index (κ2) is 8.13. The van der Waals surface area contributed by atoms with Crippen molar-refractivity contribution in [3.05, 3.63) is 59.7 Å². The van der Waals surface area contributed by atoms with Gasteiger partial charge in [-0.2, -0.15) is 0 Å². The van der Waals surface area contributed by atoms with E-state index in [-0.39, 0.29) is 17.3 Å². The Hall–Kier alpha value is -2.34.